The summed E-state index contributed by atoms with van der Waals surface area (Å²) in [4.78, 5) is 35.5. The van der Waals surface area contributed by atoms with Gasteiger partial charge in [-0.2, -0.15) is 0 Å². The van der Waals surface area contributed by atoms with Crippen LogP contribution in [0.15, 0.2) is 42.5 Å². The second kappa shape index (κ2) is 8.63. The fourth-order valence-corrected chi connectivity index (χ4v) is 2.21. The van der Waals surface area contributed by atoms with Gasteiger partial charge in [-0.05, 0) is 35.9 Å². The molecule has 0 radical (unpaired) electrons. The molecule has 0 aliphatic heterocycles. The van der Waals surface area contributed by atoms with Crippen LogP contribution in [-0.2, 0) is 11.3 Å². The van der Waals surface area contributed by atoms with E-state index >= 15 is 0 Å². The molecule has 8 nitrogen and oxygen atoms in total. The second-order valence-corrected chi connectivity index (χ2v) is 5.22. The largest absolute Gasteiger partial charge is 0.493 e. The molecule has 2 amide bonds. The molecule has 0 atom stereocenters. The maximum Gasteiger partial charge on any atom is 0.292 e. The molecule has 0 spiro atoms. The van der Waals surface area contributed by atoms with Crippen molar-refractivity contribution < 1.29 is 29.1 Å². The monoisotopic (exact) mass is 358 g/mol. The third-order valence-corrected chi connectivity index (χ3v) is 3.62. The van der Waals surface area contributed by atoms with E-state index in [1.807, 2.05) is 0 Å². The van der Waals surface area contributed by atoms with Crippen molar-refractivity contribution in [1.82, 2.24) is 10.8 Å². The summed E-state index contributed by atoms with van der Waals surface area (Å²) in [7, 11) is 2.91. The molecule has 0 saturated carbocycles. The maximum absolute atomic E-state index is 12.2. The average molecular weight is 358 g/mol. The van der Waals surface area contributed by atoms with Gasteiger partial charge in [0.25, 0.3) is 11.8 Å². The summed E-state index contributed by atoms with van der Waals surface area (Å²) in [6.45, 7) is 0.110. The van der Waals surface area contributed by atoms with E-state index in [2.05, 4.69) is 5.32 Å². The number of hydrogen-bond acceptors (Lipinski definition) is 6. The van der Waals surface area contributed by atoms with Gasteiger partial charge in [-0.3, -0.25) is 19.6 Å². The molecule has 0 saturated heterocycles. The fraction of sp³-hybridized carbons (Fsp3) is 0.167. The van der Waals surface area contributed by atoms with Crippen molar-refractivity contribution >= 4 is 17.6 Å². The minimum absolute atomic E-state index is 0.110. The van der Waals surface area contributed by atoms with Gasteiger partial charge in [0, 0.05) is 17.7 Å². The number of nitrogens with one attached hydrogen (secondary N) is 2. The van der Waals surface area contributed by atoms with Gasteiger partial charge in [0.2, 0.25) is 5.78 Å². The normalized spacial score (nSPS) is 9.96. The van der Waals surface area contributed by atoms with Crippen molar-refractivity contribution in [2.24, 2.45) is 0 Å². The molecular weight excluding hydrogens is 340 g/mol. The van der Waals surface area contributed by atoms with Gasteiger partial charge in [-0.1, -0.05) is 12.1 Å². The lowest BCUT2D eigenvalue weighted by Crippen LogP contribution is -2.30. The summed E-state index contributed by atoms with van der Waals surface area (Å²) in [5, 5.41) is 11.1. The van der Waals surface area contributed by atoms with Crippen LogP contribution in [0.4, 0.5) is 0 Å². The number of hydrogen-bond donors (Lipinski definition) is 3. The predicted molar refractivity (Wildman–Crippen MR) is 91.4 cm³/mol. The summed E-state index contributed by atoms with van der Waals surface area (Å²) in [5.41, 5.74) is 2.66. The van der Waals surface area contributed by atoms with Crippen LogP contribution in [0.25, 0.3) is 0 Å². The molecule has 0 aliphatic carbocycles. The van der Waals surface area contributed by atoms with Gasteiger partial charge in [0.1, 0.15) is 0 Å². The highest BCUT2D eigenvalue weighted by atomic mass is 16.5. The van der Waals surface area contributed by atoms with Crippen molar-refractivity contribution in [3.8, 4) is 11.5 Å². The zero-order valence-electron chi connectivity index (χ0n) is 14.2. The minimum Gasteiger partial charge on any atom is -0.493 e. The van der Waals surface area contributed by atoms with Crippen molar-refractivity contribution in [2.75, 3.05) is 14.2 Å². The summed E-state index contributed by atoms with van der Waals surface area (Å²) in [5.74, 6) is -1.30. The average Bonchev–Trinajstić information content (AvgIpc) is 2.70. The number of Topliss-reactive ketones (excluding diaryl/α,β-unsaturated/α-hetero) is 1. The number of benzene rings is 2. The van der Waals surface area contributed by atoms with Crippen LogP contribution < -0.4 is 20.3 Å². The van der Waals surface area contributed by atoms with Crippen LogP contribution in [0.1, 0.15) is 26.3 Å². The third kappa shape index (κ3) is 4.37. The van der Waals surface area contributed by atoms with Crippen LogP contribution in [-0.4, -0.2) is 37.0 Å². The first-order valence-electron chi connectivity index (χ1n) is 7.58. The molecule has 8 heteroatoms. The SMILES string of the molecule is COc1ccc(C(=O)C(=O)NCc2ccc(C(=O)NO)cc2)cc1OC. The number of rotatable bonds is 7. The fourth-order valence-electron chi connectivity index (χ4n) is 2.21. The lowest BCUT2D eigenvalue weighted by Gasteiger charge is -2.09. The number of ether oxygens (including phenoxy) is 2. The Labute approximate surface area is 149 Å². The molecule has 0 heterocycles. The lowest BCUT2D eigenvalue weighted by atomic mass is 10.1. The first-order valence-corrected chi connectivity index (χ1v) is 7.58. The van der Waals surface area contributed by atoms with E-state index in [9.17, 15) is 14.4 Å². The standard InChI is InChI=1S/C18H18N2O6/c1-25-14-8-7-13(9-15(14)26-2)16(21)18(23)19-10-11-3-5-12(6-4-11)17(22)20-24/h3-9,24H,10H2,1-2H3,(H,19,23)(H,20,22). The Morgan fingerprint density at radius 1 is 0.923 bits per heavy atom. The van der Waals surface area contributed by atoms with Gasteiger partial charge >= 0.3 is 0 Å². The molecule has 26 heavy (non-hydrogen) atoms. The topological polar surface area (TPSA) is 114 Å². The summed E-state index contributed by atoms with van der Waals surface area (Å²) < 4.78 is 10.2. The van der Waals surface area contributed by atoms with E-state index in [0.29, 0.717) is 17.1 Å². The molecule has 0 fully saturated rings. The van der Waals surface area contributed by atoms with Crippen LogP contribution >= 0.6 is 0 Å². The molecule has 2 aromatic rings. The highest BCUT2D eigenvalue weighted by molar-refractivity contribution is 6.42. The van der Waals surface area contributed by atoms with E-state index in [-0.39, 0.29) is 17.7 Å². The second-order valence-electron chi connectivity index (χ2n) is 5.22. The van der Waals surface area contributed by atoms with Crippen LogP contribution in [0.2, 0.25) is 0 Å². The molecule has 0 unspecified atom stereocenters. The zero-order valence-corrected chi connectivity index (χ0v) is 14.2. The van der Waals surface area contributed by atoms with E-state index in [4.69, 9.17) is 14.7 Å². The Morgan fingerprint density at radius 3 is 2.12 bits per heavy atom. The lowest BCUT2D eigenvalue weighted by molar-refractivity contribution is -0.117. The molecular formula is C18H18N2O6. The first-order chi connectivity index (χ1) is 12.5. The molecule has 0 aromatic heterocycles. The van der Waals surface area contributed by atoms with E-state index in [0.717, 1.165) is 0 Å². The molecule has 136 valence electrons. The molecule has 2 aromatic carbocycles. The number of carbonyl (C=O) groups is 3. The third-order valence-electron chi connectivity index (χ3n) is 3.62. The van der Waals surface area contributed by atoms with Crippen molar-refractivity contribution in [1.29, 1.82) is 0 Å². The van der Waals surface area contributed by atoms with Crippen molar-refractivity contribution in [2.45, 2.75) is 6.54 Å². The summed E-state index contributed by atoms with van der Waals surface area (Å²) in [6.07, 6.45) is 0. The van der Waals surface area contributed by atoms with E-state index in [1.165, 1.54) is 44.0 Å². The van der Waals surface area contributed by atoms with Gasteiger partial charge in [-0.25, -0.2) is 5.48 Å². The molecule has 0 bridgehead atoms. The number of ketones is 1. The van der Waals surface area contributed by atoms with Crippen LogP contribution in [0, 0.1) is 0 Å². The molecule has 0 aliphatic rings. The molecule has 2 rings (SSSR count). The zero-order chi connectivity index (χ0) is 19.1. The first kappa shape index (κ1) is 18.9. The van der Waals surface area contributed by atoms with Gasteiger partial charge in [0.15, 0.2) is 11.5 Å². The number of methoxy groups -OCH3 is 2. The smallest absolute Gasteiger partial charge is 0.292 e. The highest BCUT2D eigenvalue weighted by Crippen LogP contribution is 2.27. The Hall–Kier alpha value is -3.39. The van der Waals surface area contributed by atoms with Crippen molar-refractivity contribution in [3.63, 3.8) is 0 Å². The number of carbonyl (C=O) groups excluding carboxylic acids is 3. The van der Waals surface area contributed by atoms with Gasteiger partial charge < -0.3 is 14.8 Å². The number of hydroxylamine groups is 1. The Morgan fingerprint density at radius 2 is 1.54 bits per heavy atom. The Bertz CT molecular complexity index is 817. The summed E-state index contributed by atoms with van der Waals surface area (Å²) in [6, 6.07) is 10.6. The number of amides is 2. The van der Waals surface area contributed by atoms with Crippen molar-refractivity contribution in [3.05, 3.63) is 59.2 Å². The quantitative estimate of drug-likeness (QED) is 0.298. The minimum atomic E-state index is -0.769. The molecule has 3 N–H and O–H groups in total. The summed E-state index contributed by atoms with van der Waals surface area (Å²) >= 11 is 0. The van der Waals surface area contributed by atoms with Gasteiger partial charge in [-0.15, -0.1) is 0 Å². The van der Waals surface area contributed by atoms with Crippen LogP contribution in [0.5, 0.6) is 11.5 Å². The predicted octanol–water partition coefficient (Wildman–Crippen LogP) is 1.32. The Kier molecular flexibility index (Phi) is 6.29. The van der Waals surface area contributed by atoms with E-state index < -0.39 is 17.6 Å². The van der Waals surface area contributed by atoms with Gasteiger partial charge in [0.05, 0.1) is 14.2 Å². The Balaban J connectivity index is 2.01. The van der Waals surface area contributed by atoms with Crippen LogP contribution in [0.3, 0.4) is 0 Å². The maximum atomic E-state index is 12.2. The van der Waals surface area contributed by atoms with E-state index in [1.54, 1.807) is 18.2 Å². The highest BCUT2D eigenvalue weighted by Gasteiger charge is 2.18.